The third-order valence-corrected chi connectivity index (χ3v) is 5.50. The van der Waals surface area contributed by atoms with E-state index in [0.29, 0.717) is 0 Å². The van der Waals surface area contributed by atoms with Gasteiger partial charge in [0.05, 0.1) is 22.8 Å². The molecule has 0 aromatic carbocycles. The first-order chi connectivity index (χ1) is 14.7. The van der Waals surface area contributed by atoms with E-state index < -0.39 is 0 Å². The SMILES string of the molecule is CC(=NCCCN1CCN(CCCN=C(C)c2ccccn2)CC1)c1ccccn1. The van der Waals surface area contributed by atoms with Crippen LogP contribution >= 0.6 is 0 Å². The molecule has 1 fully saturated rings. The molecule has 1 saturated heterocycles. The highest BCUT2D eigenvalue weighted by Gasteiger charge is 2.15. The minimum absolute atomic E-state index is 0.871. The summed E-state index contributed by atoms with van der Waals surface area (Å²) in [6, 6.07) is 11.9. The van der Waals surface area contributed by atoms with Gasteiger partial charge in [0, 0.05) is 51.7 Å². The Balaban J connectivity index is 1.27. The molecule has 0 amide bonds. The molecule has 2 aromatic rings. The van der Waals surface area contributed by atoms with Crippen molar-refractivity contribution in [2.24, 2.45) is 9.98 Å². The van der Waals surface area contributed by atoms with E-state index in [1.807, 2.05) is 62.6 Å². The number of hydrogen-bond donors (Lipinski definition) is 0. The number of nitrogens with zero attached hydrogens (tertiary/aromatic N) is 6. The quantitative estimate of drug-likeness (QED) is 0.449. The molecule has 0 saturated carbocycles. The van der Waals surface area contributed by atoms with Crippen LogP contribution in [0.5, 0.6) is 0 Å². The second kappa shape index (κ2) is 12.3. The molecular formula is C24H34N6. The fourth-order valence-corrected chi connectivity index (χ4v) is 3.63. The van der Waals surface area contributed by atoms with Gasteiger partial charge in [-0.05, 0) is 64.0 Å². The van der Waals surface area contributed by atoms with Gasteiger partial charge in [0.2, 0.25) is 0 Å². The Hall–Kier alpha value is -2.44. The molecule has 3 rings (SSSR count). The van der Waals surface area contributed by atoms with Gasteiger partial charge < -0.3 is 9.80 Å². The van der Waals surface area contributed by atoms with Gasteiger partial charge in [-0.3, -0.25) is 20.0 Å². The van der Waals surface area contributed by atoms with Crippen molar-refractivity contribution in [2.45, 2.75) is 26.7 Å². The number of rotatable bonds is 10. The predicted molar refractivity (Wildman–Crippen MR) is 125 cm³/mol. The molecule has 6 heteroatoms. The van der Waals surface area contributed by atoms with Gasteiger partial charge >= 0.3 is 0 Å². The second-order valence-electron chi connectivity index (χ2n) is 7.75. The zero-order valence-corrected chi connectivity index (χ0v) is 18.4. The van der Waals surface area contributed by atoms with Crippen LogP contribution in [-0.2, 0) is 0 Å². The van der Waals surface area contributed by atoms with E-state index in [2.05, 4.69) is 29.8 Å². The van der Waals surface area contributed by atoms with Crippen LogP contribution in [0.4, 0.5) is 0 Å². The second-order valence-corrected chi connectivity index (χ2v) is 7.75. The third-order valence-electron chi connectivity index (χ3n) is 5.50. The molecule has 1 aliphatic heterocycles. The summed E-state index contributed by atoms with van der Waals surface area (Å²) in [6.45, 7) is 12.7. The smallest absolute Gasteiger partial charge is 0.0836 e. The minimum atomic E-state index is 0.871. The third kappa shape index (κ3) is 7.43. The lowest BCUT2D eigenvalue weighted by molar-refractivity contribution is 0.131. The first-order valence-electron chi connectivity index (χ1n) is 11.0. The van der Waals surface area contributed by atoms with Crippen LogP contribution in [0.1, 0.15) is 38.1 Å². The van der Waals surface area contributed by atoms with Crippen LogP contribution in [-0.4, -0.2) is 83.5 Å². The van der Waals surface area contributed by atoms with E-state index in [4.69, 9.17) is 0 Å². The van der Waals surface area contributed by atoms with Crippen LogP contribution in [0.25, 0.3) is 0 Å². The predicted octanol–water partition coefficient (Wildman–Crippen LogP) is 3.19. The van der Waals surface area contributed by atoms with Gasteiger partial charge in [-0.1, -0.05) is 12.1 Å². The van der Waals surface area contributed by atoms with Crippen molar-refractivity contribution in [3.05, 3.63) is 60.2 Å². The standard InChI is InChI=1S/C24H34N6/c1-21(23-9-3-5-11-27-23)25-13-7-15-29-17-19-30(20-18-29)16-8-14-26-22(2)24-10-4-6-12-28-24/h3-6,9-12H,7-8,13-20H2,1-2H3. The Bertz CT molecular complexity index is 725. The van der Waals surface area contributed by atoms with Crippen LogP contribution in [0.15, 0.2) is 58.8 Å². The molecule has 30 heavy (non-hydrogen) atoms. The average molecular weight is 407 g/mol. The Kier molecular flexibility index (Phi) is 9.12. The maximum absolute atomic E-state index is 4.68. The van der Waals surface area contributed by atoms with Crippen molar-refractivity contribution in [2.75, 3.05) is 52.4 Å². The van der Waals surface area contributed by atoms with Gasteiger partial charge in [0.25, 0.3) is 0 Å². The maximum Gasteiger partial charge on any atom is 0.0836 e. The minimum Gasteiger partial charge on any atom is -0.301 e. The molecule has 2 aromatic heterocycles. The highest BCUT2D eigenvalue weighted by atomic mass is 15.3. The summed E-state index contributed by atoms with van der Waals surface area (Å²) in [5, 5.41) is 0. The highest BCUT2D eigenvalue weighted by molar-refractivity contribution is 5.97. The van der Waals surface area contributed by atoms with Crippen molar-refractivity contribution < 1.29 is 0 Å². The van der Waals surface area contributed by atoms with Crippen LogP contribution in [0, 0.1) is 0 Å². The van der Waals surface area contributed by atoms with E-state index in [0.717, 1.165) is 88.0 Å². The Morgan fingerprint density at radius 2 is 1.17 bits per heavy atom. The Morgan fingerprint density at radius 3 is 1.53 bits per heavy atom. The van der Waals surface area contributed by atoms with Crippen LogP contribution < -0.4 is 0 Å². The molecule has 0 bridgehead atoms. The number of piperazine rings is 1. The summed E-state index contributed by atoms with van der Waals surface area (Å²) < 4.78 is 0. The summed E-state index contributed by atoms with van der Waals surface area (Å²) in [4.78, 5) is 23.2. The molecule has 160 valence electrons. The van der Waals surface area contributed by atoms with Crippen LogP contribution in [0.3, 0.4) is 0 Å². The molecule has 0 atom stereocenters. The van der Waals surface area contributed by atoms with Crippen molar-refractivity contribution in [1.82, 2.24) is 19.8 Å². The van der Waals surface area contributed by atoms with Crippen molar-refractivity contribution in [3.8, 4) is 0 Å². The van der Waals surface area contributed by atoms with Gasteiger partial charge in [-0.25, -0.2) is 0 Å². The maximum atomic E-state index is 4.68. The molecule has 3 heterocycles. The van der Waals surface area contributed by atoms with Gasteiger partial charge in [0.15, 0.2) is 0 Å². The summed E-state index contributed by atoms with van der Waals surface area (Å²) in [7, 11) is 0. The lowest BCUT2D eigenvalue weighted by Crippen LogP contribution is -2.46. The molecule has 0 N–H and O–H groups in total. The van der Waals surface area contributed by atoms with Crippen molar-refractivity contribution >= 4 is 11.4 Å². The fraction of sp³-hybridized carbons (Fsp3) is 0.500. The first kappa shape index (κ1) is 22.2. The summed E-state index contributed by atoms with van der Waals surface area (Å²) in [6.07, 6.45) is 5.85. The summed E-state index contributed by atoms with van der Waals surface area (Å²) in [5.74, 6) is 0. The van der Waals surface area contributed by atoms with Gasteiger partial charge in [-0.2, -0.15) is 0 Å². The number of hydrogen-bond acceptors (Lipinski definition) is 6. The van der Waals surface area contributed by atoms with Crippen molar-refractivity contribution in [3.63, 3.8) is 0 Å². The number of aliphatic imine (C=N–C) groups is 2. The molecule has 0 spiro atoms. The van der Waals surface area contributed by atoms with Gasteiger partial charge in [-0.15, -0.1) is 0 Å². The van der Waals surface area contributed by atoms with E-state index >= 15 is 0 Å². The monoisotopic (exact) mass is 406 g/mol. The molecule has 1 aliphatic rings. The first-order valence-corrected chi connectivity index (χ1v) is 11.0. The van der Waals surface area contributed by atoms with Crippen molar-refractivity contribution in [1.29, 1.82) is 0 Å². The summed E-state index contributed by atoms with van der Waals surface area (Å²) >= 11 is 0. The van der Waals surface area contributed by atoms with E-state index in [1.54, 1.807) is 0 Å². The number of aromatic nitrogens is 2. The van der Waals surface area contributed by atoms with E-state index in [-0.39, 0.29) is 0 Å². The molecule has 6 nitrogen and oxygen atoms in total. The number of pyridine rings is 2. The lowest BCUT2D eigenvalue weighted by Gasteiger charge is -2.34. The molecular weight excluding hydrogens is 372 g/mol. The van der Waals surface area contributed by atoms with Gasteiger partial charge in [0.1, 0.15) is 0 Å². The molecule has 0 radical (unpaired) electrons. The summed E-state index contributed by atoms with van der Waals surface area (Å²) in [5.41, 5.74) is 4.01. The Morgan fingerprint density at radius 1 is 0.733 bits per heavy atom. The zero-order valence-electron chi connectivity index (χ0n) is 18.4. The molecule has 0 aliphatic carbocycles. The van der Waals surface area contributed by atoms with E-state index in [9.17, 15) is 0 Å². The molecule has 0 unspecified atom stereocenters. The topological polar surface area (TPSA) is 57.0 Å². The normalized spacial score (nSPS) is 16.7. The fourth-order valence-electron chi connectivity index (χ4n) is 3.63. The zero-order chi connectivity index (χ0) is 21.0. The largest absolute Gasteiger partial charge is 0.301 e. The lowest BCUT2D eigenvalue weighted by atomic mass is 10.2. The average Bonchev–Trinajstić information content (AvgIpc) is 2.81. The highest BCUT2D eigenvalue weighted by Crippen LogP contribution is 2.05. The van der Waals surface area contributed by atoms with Crippen LogP contribution in [0.2, 0.25) is 0 Å². The Labute approximate surface area is 180 Å². The van der Waals surface area contributed by atoms with E-state index in [1.165, 1.54) is 0 Å².